The van der Waals surface area contributed by atoms with E-state index in [1.807, 2.05) is 43.3 Å². The van der Waals surface area contributed by atoms with Crippen LogP contribution in [0.15, 0.2) is 42.5 Å². The molecule has 5 rings (SSSR count). The Balaban J connectivity index is 1.55. The minimum Gasteiger partial charge on any atom is -0.370 e. The molecule has 4 amide bonds. The quantitative estimate of drug-likeness (QED) is 0.545. The highest BCUT2D eigenvalue weighted by Gasteiger charge is 2.70. The number of imide groups is 1. The number of nitrogens with one attached hydrogen (secondary N) is 2. The first-order valence-electron chi connectivity index (χ1n) is 11.3. The lowest BCUT2D eigenvalue weighted by molar-refractivity contribution is -0.142. The first kappa shape index (κ1) is 22.6. The van der Waals surface area contributed by atoms with Crippen molar-refractivity contribution >= 4 is 40.9 Å². The van der Waals surface area contributed by atoms with Gasteiger partial charge in [-0.2, -0.15) is 0 Å². The van der Waals surface area contributed by atoms with Crippen LogP contribution in [0.3, 0.4) is 0 Å². The number of nitrogens with two attached hydrogens (primary N) is 1. The maximum absolute atomic E-state index is 13.7. The van der Waals surface area contributed by atoms with Crippen molar-refractivity contribution in [1.29, 1.82) is 0 Å². The Hall–Kier alpha value is -3.23. The van der Waals surface area contributed by atoms with E-state index in [0.29, 0.717) is 22.7 Å². The molecule has 8 nitrogen and oxygen atoms in total. The molecule has 3 aliphatic heterocycles. The standard InChI is InChI=1S/C25H25ClN4O4/c1-13-11-15-21(16(26)12-13)28-24(34)25(15)20-19(17(29-25)7-8-18(27)31)22(32)30(23(20)33)10-9-14-5-3-2-4-6-14/h2-6,11-12,17,19-20,29H,7-10H2,1H3,(H2,27,31)(H,28,34)/t17-,19+,20-,25-/m0/s1. The molecule has 2 aromatic rings. The van der Waals surface area contributed by atoms with Gasteiger partial charge in [-0.25, -0.2) is 0 Å². The molecule has 4 N–H and O–H groups in total. The summed E-state index contributed by atoms with van der Waals surface area (Å²) in [6, 6.07) is 12.6. The average molecular weight is 481 g/mol. The molecule has 0 saturated carbocycles. The molecule has 0 aliphatic carbocycles. The van der Waals surface area contributed by atoms with Crippen LogP contribution >= 0.6 is 11.6 Å². The molecule has 0 radical (unpaired) electrons. The topological polar surface area (TPSA) is 122 Å². The predicted molar refractivity (Wildman–Crippen MR) is 126 cm³/mol. The van der Waals surface area contributed by atoms with Gasteiger partial charge in [0.15, 0.2) is 0 Å². The van der Waals surface area contributed by atoms with E-state index in [9.17, 15) is 19.2 Å². The van der Waals surface area contributed by atoms with Gasteiger partial charge in [0.2, 0.25) is 23.6 Å². The fourth-order valence-electron chi connectivity index (χ4n) is 5.71. The number of hydrogen-bond acceptors (Lipinski definition) is 5. The predicted octanol–water partition coefficient (Wildman–Crippen LogP) is 1.88. The minimum atomic E-state index is -1.44. The molecule has 2 aromatic carbocycles. The second-order valence-electron chi connectivity index (χ2n) is 9.25. The summed E-state index contributed by atoms with van der Waals surface area (Å²) in [5.74, 6) is -3.36. The molecule has 0 unspecified atom stereocenters. The number of carbonyl (C=O) groups excluding carboxylic acids is 4. The molecule has 3 heterocycles. The van der Waals surface area contributed by atoms with Gasteiger partial charge < -0.3 is 11.1 Å². The maximum Gasteiger partial charge on any atom is 0.250 e. The molecule has 9 heteroatoms. The number of fused-ring (bicyclic) bond motifs is 4. The van der Waals surface area contributed by atoms with E-state index < -0.39 is 35.2 Å². The highest BCUT2D eigenvalue weighted by molar-refractivity contribution is 6.35. The van der Waals surface area contributed by atoms with Crippen LogP contribution in [0, 0.1) is 18.8 Å². The molecule has 4 atom stereocenters. The van der Waals surface area contributed by atoms with E-state index in [1.165, 1.54) is 4.90 Å². The highest BCUT2D eigenvalue weighted by atomic mass is 35.5. The first-order valence-corrected chi connectivity index (χ1v) is 11.7. The number of halogens is 1. The van der Waals surface area contributed by atoms with Gasteiger partial charge in [0.05, 0.1) is 22.5 Å². The zero-order valence-electron chi connectivity index (χ0n) is 18.6. The molecule has 3 aliphatic rings. The van der Waals surface area contributed by atoms with Crippen LogP contribution in [0.25, 0.3) is 0 Å². The number of amides is 4. The number of anilines is 1. The minimum absolute atomic E-state index is 0.0332. The summed E-state index contributed by atoms with van der Waals surface area (Å²) in [5.41, 5.74) is 6.77. The van der Waals surface area contributed by atoms with Crippen molar-refractivity contribution < 1.29 is 19.2 Å². The summed E-state index contributed by atoms with van der Waals surface area (Å²) in [5, 5.41) is 6.49. The summed E-state index contributed by atoms with van der Waals surface area (Å²) < 4.78 is 0. The summed E-state index contributed by atoms with van der Waals surface area (Å²) in [6.07, 6.45) is 0.787. The van der Waals surface area contributed by atoms with Crippen molar-refractivity contribution in [3.05, 3.63) is 64.2 Å². The van der Waals surface area contributed by atoms with Crippen LogP contribution in [-0.2, 0) is 31.1 Å². The Morgan fingerprint density at radius 1 is 1.15 bits per heavy atom. The molecule has 34 heavy (non-hydrogen) atoms. The Kier molecular flexibility index (Phi) is 5.45. The van der Waals surface area contributed by atoms with Crippen molar-refractivity contribution in [3.8, 4) is 0 Å². The fraction of sp³-hybridized carbons (Fsp3) is 0.360. The van der Waals surface area contributed by atoms with Gasteiger partial charge in [-0.05, 0) is 37.0 Å². The van der Waals surface area contributed by atoms with Gasteiger partial charge >= 0.3 is 0 Å². The molecule has 2 saturated heterocycles. The van der Waals surface area contributed by atoms with Gasteiger partial charge in [0.25, 0.3) is 0 Å². The Morgan fingerprint density at radius 3 is 2.59 bits per heavy atom. The van der Waals surface area contributed by atoms with Gasteiger partial charge in [-0.1, -0.05) is 48.0 Å². The zero-order valence-corrected chi connectivity index (χ0v) is 19.4. The summed E-state index contributed by atoms with van der Waals surface area (Å²) >= 11 is 6.43. The Labute approximate surface area is 201 Å². The van der Waals surface area contributed by atoms with Crippen LogP contribution in [0.1, 0.15) is 29.5 Å². The molecule has 2 fully saturated rings. The lowest BCUT2D eigenvalue weighted by Crippen LogP contribution is -2.53. The van der Waals surface area contributed by atoms with E-state index in [1.54, 1.807) is 6.07 Å². The van der Waals surface area contributed by atoms with Gasteiger partial charge in [-0.3, -0.25) is 29.4 Å². The van der Waals surface area contributed by atoms with E-state index in [-0.39, 0.29) is 31.2 Å². The average Bonchev–Trinajstić information content (AvgIpc) is 3.37. The SMILES string of the molecule is Cc1cc(Cl)c2c(c1)[C@@]1(N[C@@H](CCC(N)=O)[C@H]3C(=O)N(CCc4ccccc4)C(=O)[C@H]31)C(=O)N2. The molecule has 176 valence electrons. The molecular weight excluding hydrogens is 456 g/mol. The number of benzene rings is 2. The van der Waals surface area contributed by atoms with Crippen LogP contribution in [-0.4, -0.2) is 41.1 Å². The summed E-state index contributed by atoms with van der Waals surface area (Å²) in [7, 11) is 0. The van der Waals surface area contributed by atoms with Crippen LogP contribution in [0.4, 0.5) is 5.69 Å². The third kappa shape index (κ3) is 3.32. The van der Waals surface area contributed by atoms with Crippen LogP contribution in [0.2, 0.25) is 5.02 Å². The maximum atomic E-state index is 13.7. The number of carbonyl (C=O) groups is 4. The van der Waals surface area contributed by atoms with Crippen LogP contribution < -0.4 is 16.4 Å². The first-order chi connectivity index (χ1) is 16.2. The third-order valence-corrected chi connectivity index (χ3v) is 7.48. The smallest absolute Gasteiger partial charge is 0.250 e. The molecule has 0 aromatic heterocycles. The van der Waals surface area contributed by atoms with Gasteiger partial charge in [-0.15, -0.1) is 0 Å². The van der Waals surface area contributed by atoms with Crippen LogP contribution in [0.5, 0.6) is 0 Å². The second kappa shape index (κ2) is 8.21. The Bertz CT molecular complexity index is 1220. The largest absolute Gasteiger partial charge is 0.370 e. The normalized spacial score (nSPS) is 27.3. The fourth-order valence-corrected chi connectivity index (χ4v) is 6.03. The number of rotatable bonds is 6. The van der Waals surface area contributed by atoms with Crippen molar-refractivity contribution in [2.24, 2.45) is 17.6 Å². The number of aryl methyl sites for hydroxylation is 1. The lowest BCUT2D eigenvalue weighted by atomic mass is 9.76. The lowest BCUT2D eigenvalue weighted by Gasteiger charge is -2.29. The van der Waals surface area contributed by atoms with E-state index >= 15 is 0 Å². The van der Waals surface area contributed by atoms with Crippen molar-refractivity contribution in [2.45, 2.75) is 37.8 Å². The number of nitrogens with zero attached hydrogens (tertiary/aromatic N) is 1. The number of hydrogen-bond donors (Lipinski definition) is 3. The van der Waals surface area contributed by atoms with Crippen molar-refractivity contribution in [3.63, 3.8) is 0 Å². The number of primary amides is 1. The van der Waals surface area contributed by atoms with E-state index in [4.69, 9.17) is 17.3 Å². The van der Waals surface area contributed by atoms with Gasteiger partial charge in [0, 0.05) is 24.6 Å². The third-order valence-electron chi connectivity index (χ3n) is 7.18. The molecule has 0 bridgehead atoms. The second-order valence-corrected chi connectivity index (χ2v) is 9.66. The molecular formula is C25H25ClN4O4. The molecule has 1 spiro atoms. The van der Waals surface area contributed by atoms with Crippen molar-refractivity contribution in [1.82, 2.24) is 10.2 Å². The highest BCUT2D eigenvalue weighted by Crippen LogP contribution is 2.54. The summed E-state index contributed by atoms with van der Waals surface area (Å²) in [6.45, 7) is 2.07. The van der Waals surface area contributed by atoms with E-state index in [0.717, 1.165) is 11.1 Å². The zero-order chi connectivity index (χ0) is 24.2. The number of likely N-dealkylation sites (tertiary alicyclic amines) is 1. The van der Waals surface area contributed by atoms with E-state index in [2.05, 4.69) is 10.6 Å². The Morgan fingerprint density at radius 2 is 1.88 bits per heavy atom. The monoisotopic (exact) mass is 480 g/mol. The van der Waals surface area contributed by atoms with Gasteiger partial charge in [0.1, 0.15) is 5.54 Å². The van der Waals surface area contributed by atoms with Crippen molar-refractivity contribution in [2.75, 3.05) is 11.9 Å². The summed E-state index contributed by atoms with van der Waals surface area (Å²) in [4.78, 5) is 53.6.